The summed E-state index contributed by atoms with van der Waals surface area (Å²) in [5, 5.41) is 0. The second-order valence-corrected chi connectivity index (χ2v) is 3.70. The molecule has 0 saturated heterocycles. The molecular formula is C9H9BrO2. The molecule has 1 heterocycles. The maximum atomic E-state index is 5.32. The van der Waals surface area contributed by atoms with Gasteiger partial charge >= 0.3 is 0 Å². The van der Waals surface area contributed by atoms with Crippen molar-refractivity contribution in [2.24, 2.45) is 0 Å². The van der Waals surface area contributed by atoms with Crippen molar-refractivity contribution in [3.8, 4) is 11.5 Å². The van der Waals surface area contributed by atoms with Crippen LogP contribution in [-0.2, 0) is 0 Å². The highest BCUT2D eigenvalue weighted by atomic mass is 79.9. The first kappa shape index (κ1) is 7.92. The largest absolute Gasteiger partial charge is 0.454 e. The second-order valence-electron chi connectivity index (χ2n) is 2.84. The Hall–Kier alpha value is -0.700. The Labute approximate surface area is 79.6 Å². The first-order valence-corrected chi connectivity index (χ1v) is 4.54. The van der Waals surface area contributed by atoms with Crippen LogP contribution in [0.25, 0.3) is 0 Å². The molecule has 12 heavy (non-hydrogen) atoms. The summed E-state index contributed by atoms with van der Waals surface area (Å²) >= 11 is 3.46. The van der Waals surface area contributed by atoms with Gasteiger partial charge in [0.2, 0.25) is 6.79 Å². The van der Waals surface area contributed by atoms with Crippen LogP contribution < -0.4 is 9.47 Å². The Bertz CT molecular complexity index is 334. The van der Waals surface area contributed by atoms with Crippen molar-refractivity contribution in [2.75, 3.05) is 6.79 Å². The lowest BCUT2D eigenvalue weighted by atomic mass is 10.1. The molecule has 0 spiro atoms. The highest BCUT2D eigenvalue weighted by molar-refractivity contribution is 9.10. The van der Waals surface area contributed by atoms with Gasteiger partial charge in [0, 0.05) is 4.47 Å². The molecule has 0 saturated carbocycles. The van der Waals surface area contributed by atoms with Crippen LogP contribution in [0.5, 0.6) is 11.5 Å². The smallest absolute Gasteiger partial charge is 0.231 e. The lowest BCUT2D eigenvalue weighted by molar-refractivity contribution is 0.173. The number of halogens is 1. The number of rotatable bonds is 0. The van der Waals surface area contributed by atoms with Gasteiger partial charge < -0.3 is 9.47 Å². The van der Waals surface area contributed by atoms with E-state index in [2.05, 4.69) is 22.9 Å². The normalized spacial score (nSPS) is 13.6. The van der Waals surface area contributed by atoms with Crippen LogP contribution >= 0.6 is 15.9 Å². The Morgan fingerprint density at radius 3 is 2.75 bits per heavy atom. The van der Waals surface area contributed by atoms with Gasteiger partial charge in [-0.2, -0.15) is 0 Å². The monoisotopic (exact) mass is 228 g/mol. The Balaban J connectivity index is 2.67. The summed E-state index contributed by atoms with van der Waals surface area (Å²) < 4.78 is 11.7. The van der Waals surface area contributed by atoms with Crippen LogP contribution in [0.1, 0.15) is 11.1 Å². The lowest BCUT2D eigenvalue weighted by Crippen LogP contribution is -1.93. The average Bonchev–Trinajstić information content (AvgIpc) is 2.48. The van der Waals surface area contributed by atoms with Gasteiger partial charge in [0.05, 0.1) is 0 Å². The molecule has 1 aromatic rings. The minimum atomic E-state index is 0.339. The molecule has 1 aliphatic rings. The third-order valence-electron chi connectivity index (χ3n) is 2.16. The molecule has 0 unspecified atom stereocenters. The zero-order valence-electron chi connectivity index (χ0n) is 6.98. The summed E-state index contributed by atoms with van der Waals surface area (Å²) in [5.74, 6) is 1.72. The quantitative estimate of drug-likeness (QED) is 0.680. The van der Waals surface area contributed by atoms with E-state index < -0.39 is 0 Å². The Morgan fingerprint density at radius 1 is 1.25 bits per heavy atom. The molecule has 0 radical (unpaired) electrons. The van der Waals surface area contributed by atoms with Gasteiger partial charge in [-0.05, 0) is 31.0 Å². The first-order valence-electron chi connectivity index (χ1n) is 3.75. The van der Waals surface area contributed by atoms with E-state index in [1.165, 1.54) is 5.56 Å². The highest BCUT2D eigenvalue weighted by Crippen LogP contribution is 2.40. The second kappa shape index (κ2) is 2.66. The van der Waals surface area contributed by atoms with Crippen LogP contribution in [0.15, 0.2) is 10.5 Å². The van der Waals surface area contributed by atoms with Crippen molar-refractivity contribution in [3.63, 3.8) is 0 Å². The summed E-state index contributed by atoms with van der Waals surface area (Å²) in [4.78, 5) is 0. The standard InChI is InChI=1S/C9H9BrO2/c1-5-6(2)9-8(3-7(5)10)11-4-12-9/h3H,4H2,1-2H3. The van der Waals surface area contributed by atoms with Gasteiger partial charge in [0.25, 0.3) is 0 Å². The van der Waals surface area contributed by atoms with Crippen LogP contribution in [0, 0.1) is 13.8 Å². The van der Waals surface area contributed by atoms with Crippen molar-refractivity contribution in [1.82, 2.24) is 0 Å². The fourth-order valence-corrected chi connectivity index (χ4v) is 1.77. The molecule has 0 bridgehead atoms. The van der Waals surface area contributed by atoms with E-state index in [1.807, 2.05) is 13.0 Å². The van der Waals surface area contributed by atoms with Crippen molar-refractivity contribution in [3.05, 3.63) is 21.7 Å². The van der Waals surface area contributed by atoms with E-state index in [0.717, 1.165) is 21.5 Å². The van der Waals surface area contributed by atoms with Gasteiger partial charge in [-0.15, -0.1) is 0 Å². The van der Waals surface area contributed by atoms with Crippen molar-refractivity contribution >= 4 is 15.9 Å². The molecule has 64 valence electrons. The Morgan fingerprint density at radius 2 is 2.00 bits per heavy atom. The van der Waals surface area contributed by atoms with E-state index in [9.17, 15) is 0 Å². The van der Waals surface area contributed by atoms with Gasteiger partial charge in [0.15, 0.2) is 11.5 Å². The fraction of sp³-hybridized carbons (Fsp3) is 0.333. The van der Waals surface area contributed by atoms with E-state index in [0.29, 0.717) is 6.79 Å². The maximum Gasteiger partial charge on any atom is 0.231 e. The predicted molar refractivity (Wildman–Crippen MR) is 49.7 cm³/mol. The van der Waals surface area contributed by atoms with E-state index in [-0.39, 0.29) is 0 Å². The fourth-order valence-electron chi connectivity index (χ4n) is 1.26. The van der Waals surface area contributed by atoms with Gasteiger partial charge in [0.1, 0.15) is 0 Å². The molecule has 2 nitrogen and oxygen atoms in total. The lowest BCUT2D eigenvalue weighted by Gasteiger charge is -2.06. The predicted octanol–water partition coefficient (Wildman–Crippen LogP) is 2.79. The number of hydrogen-bond acceptors (Lipinski definition) is 2. The van der Waals surface area contributed by atoms with Gasteiger partial charge in [-0.25, -0.2) is 0 Å². The summed E-state index contributed by atoms with van der Waals surface area (Å²) in [7, 11) is 0. The molecule has 0 aliphatic carbocycles. The van der Waals surface area contributed by atoms with Crippen LogP contribution in [-0.4, -0.2) is 6.79 Å². The van der Waals surface area contributed by atoms with Crippen molar-refractivity contribution in [1.29, 1.82) is 0 Å². The maximum absolute atomic E-state index is 5.32. The summed E-state index contributed by atoms with van der Waals surface area (Å²) in [6.07, 6.45) is 0. The molecule has 3 heteroatoms. The van der Waals surface area contributed by atoms with E-state index >= 15 is 0 Å². The molecule has 0 aromatic heterocycles. The Kier molecular flexibility index (Phi) is 1.76. The van der Waals surface area contributed by atoms with Gasteiger partial charge in [-0.3, -0.25) is 0 Å². The number of ether oxygens (including phenoxy) is 2. The summed E-state index contributed by atoms with van der Waals surface area (Å²) in [6.45, 7) is 4.43. The van der Waals surface area contributed by atoms with Crippen LogP contribution in [0.2, 0.25) is 0 Å². The number of fused-ring (bicyclic) bond motifs is 1. The van der Waals surface area contributed by atoms with Gasteiger partial charge in [-0.1, -0.05) is 15.9 Å². The molecular weight excluding hydrogens is 220 g/mol. The average molecular weight is 229 g/mol. The minimum Gasteiger partial charge on any atom is -0.454 e. The molecule has 1 aromatic carbocycles. The topological polar surface area (TPSA) is 18.5 Å². The van der Waals surface area contributed by atoms with Crippen LogP contribution in [0.4, 0.5) is 0 Å². The van der Waals surface area contributed by atoms with Crippen LogP contribution in [0.3, 0.4) is 0 Å². The van der Waals surface area contributed by atoms with E-state index in [4.69, 9.17) is 9.47 Å². The van der Waals surface area contributed by atoms with Crippen molar-refractivity contribution in [2.45, 2.75) is 13.8 Å². The highest BCUT2D eigenvalue weighted by Gasteiger charge is 2.18. The third kappa shape index (κ3) is 1.00. The third-order valence-corrected chi connectivity index (χ3v) is 2.98. The molecule has 2 rings (SSSR count). The zero-order chi connectivity index (χ0) is 8.72. The number of benzene rings is 1. The summed E-state index contributed by atoms with van der Waals surface area (Å²) in [5.41, 5.74) is 2.36. The summed E-state index contributed by atoms with van der Waals surface area (Å²) in [6, 6.07) is 1.95. The molecule has 0 amide bonds. The molecule has 0 fully saturated rings. The van der Waals surface area contributed by atoms with Crippen molar-refractivity contribution < 1.29 is 9.47 Å². The first-order chi connectivity index (χ1) is 5.70. The zero-order valence-corrected chi connectivity index (χ0v) is 8.56. The minimum absolute atomic E-state index is 0.339. The van der Waals surface area contributed by atoms with E-state index in [1.54, 1.807) is 0 Å². The molecule has 1 aliphatic heterocycles. The number of hydrogen-bond donors (Lipinski definition) is 0. The SMILES string of the molecule is Cc1c(Br)cc2c(c1C)OCO2. The molecule has 0 atom stereocenters. The molecule has 0 N–H and O–H groups in total.